The van der Waals surface area contributed by atoms with Gasteiger partial charge in [-0.25, -0.2) is 20.0 Å². The van der Waals surface area contributed by atoms with Crippen molar-refractivity contribution in [2.45, 2.75) is 19.3 Å². The van der Waals surface area contributed by atoms with Crippen LogP contribution in [0.5, 0.6) is 0 Å². The van der Waals surface area contributed by atoms with Crippen molar-refractivity contribution in [1.82, 2.24) is 19.7 Å². The minimum atomic E-state index is 0.376. The van der Waals surface area contributed by atoms with Gasteiger partial charge in [0.05, 0.1) is 11.9 Å². The number of para-hydroxylation sites is 1. The molecule has 0 amide bonds. The quantitative estimate of drug-likeness (QED) is 0.693. The molecule has 9 heteroatoms. The maximum atomic E-state index is 6.36. The maximum Gasteiger partial charge on any atom is 0.287 e. The van der Waals surface area contributed by atoms with E-state index in [-0.39, 0.29) is 0 Å². The summed E-state index contributed by atoms with van der Waals surface area (Å²) >= 11 is 6.36. The zero-order valence-corrected chi connectivity index (χ0v) is 14.6. The lowest BCUT2D eigenvalue weighted by atomic mass is 10.1. The Morgan fingerprint density at radius 3 is 2.96 bits per heavy atom. The van der Waals surface area contributed by atoms with Crippen LogP contribution in [0.15, 0.2) is 40.0 Å². The fourth-order valence-electron chi connectivity index (χ4n) is 3.66. The van der Waals surface area contributed by atoms with E-state index < -0.39 is 0 Å². The first-order chi connectivity index (χ1) is 12.7. The van der Waals surface area contributed by atoms with Crippen molar-refractivity contribution in [2.75, 3.05) is 16.7 Å². The molecule has 2 atom stereocenters. The maximum absolute atomic E-state index is 6.36. The normalized spacial score (nSPS) is 22.8. The molecular weight excluding hydrogens is 354 g/mol. The average Bonchev–Trinajstić information content (AvgIpc) is 3.05. The molecule has 1 aliphatic carbocycles. The van der Waals surface area contributed by atoms with E-state index in [0.29, 0.717) is 35.6 Å². The number of nitrogens with zero attached hydrogens (tertiary/aromatic N) is 7. The van der Waals surface area contributed by atoms with E-state index >= 15 is 0 Å². The molecule has 6 rings (SSSR count). The molecule has 0 spiro atoms. The third-order valence-corrected chi connectivity index (χ3v) is 5.45. The number of benzene rings is 1. The number of amidine groups is 1. The van der Waals surface area contributed by atoms with Crippen molar-refractivity contribution >= 4 is 29.2 Å². The molecule has 0 bridgehead atoms. The highest BCUT2D eigenvalue weighted by atomic mass is 35.5. The second-order valence-corrected chi connectivity index (χ2v) is 7.16. The Morgan fingerprint density at radius 1 is 1.27 bits per heavy atom. The fraction of sp³-hybridized carbons (Fsp3) is 0.294. The monoisotopic (exact) mass is 367 g/mol. The molecule has 1 aromatic carbocycles. The zero-order valence-electron chi connectivity index (χ0n) is 13.9. The topological polar surface area (TPSA) is 75.6 Å². The summed E-state index contributed by atoms with van der Waals surface area (Å²) in [6, 6.07) is 8.00. The Morgan fingerprint density at radius 2 is 2.12 bits per heavy atom. The Balaban J connectivity index is 1.47. The Bertz CT molecular complexity index is 1070. The number of hydrazine groups is 1. The molecule has 2 unspecified atom stereocenters. The second kappa shape index (κ2) is 4.85. The van der Waals surface area contributed by atoms with E-state index in [9.17, 15) is 0 Å². The number of hydrogen-bond donors (Lipinski definition) is 0. The van der Waals surface area contributed by atoms with Crippen molar-refractivity contribution in [3.63, 3.8) is 0 Å². The van der Waals surface area contributed by atoms with Gasteiger partial charge < -0.3 is 4.52 Å². The number of imidazole rings is 1. The average molecular weight is 368 g/mol. The smallest absolute Gasteiger partial charge is 0.287 e. The van der Waals surface area contributed by atoms with Gasteiger partial charge in [0.1, 0.15) is 6.67 Å². The van der Waals surface area contributed by atoms with Gasteiger partial charge in [-0.3, -0.25) is 4.57 Å². The number of hydrogen-bond acceptors (Lipinski definition) is 7. The van der Waals surface area contributed by atoms with Gasteiger partial charge in [0, 0.05) is 11.5 Å². The predicted molar refractivity (Wildman–Crippen MR) is 95.8 cm³/mol. The first-order valence-corrected chi connectivity index (χ1v) is 8.89. The third kappa shape index (κ3) is 1.79. The van der Waals surface area contributed by atoms with Crippen LogP contribution in [0.25, 0.3) is 5.69 Å². The molecule has 3 aromatic rings. The third-order valence-electron chi connectivity index (χ3n) is 5.19. The predicted octanol–water partition coefficient (Wildman–Crippen LogP) is 2.99. The number of fused-ring (bicyclic) bond motifs is 6. The Kier molecular flexibility index (Phi) is 2.67. The molecule has 4 heterocycles. The molecule has 2 aromatic heterocycles. The molecule has 1 saturated carbocycles. The standard InChI is InChI=1S/C17H14ClN7O/c1-9-6-11(9)15-21-17(22-26-15)23-8-20-14-10-4-2-3-5-12(10)24-13(25(14)23)7-19-16(24)18/h2-5,7,9,11H,6,8H2,1H3. The highest BCUT2D eigenvalue weighted by Gasteiger charge is 2.42. The molecule has 3 aliphatic rings. The number of aromatic nitrogens is 4. The largest absolute Gasteiger partial charge is 0.337 e. The van der Waals surface area contributed by atoms with Gasteiger partial charge in [-0.15, -0.1) is 0 Å². The van der Waals surface area contributed by atoms with Gasteiger partial charge in [-0.05, 0) is 41.2 Å². The van der Waals surface area contributed by atoms with Gasteiger partial charge >= 0.3 is 0 Å². The van der Waals surface area contributed by atoms with Crippen molar-refractivity contribution in [2.24, 2.45) is 10.9 Å². The second-order valence-electron chi connectivity index (χ2n) is 6.82. The molecular formula is C17H14ClN7O. The van der Waals surface area contributed by atoms with Gasteiger partial charge in [-0.1, -0.05) is 19.1 Å². The number of halogens is 1. The molecule has 8 nitrogen and oxygen atoms in total. The molecule has 0 N–H and O–H groups in total. The van der Waals surface area contributed by atoms with Gasteiger partial charge in [-0.2, -0.15) is 4.98 Å². The first kappa shape index (κ1) is 14.3. The van der Waals surface area contributed by atoms with E-state index in [4.69, 9.17) is 21.1 Å². The van der Waals surface area contributed by atoms with Crippen molar-refractivity contribution in [1.29, 1.82) is 0 Å². The molecule has 2 aliphatic heterocycles. The minimum Gasteiger partial charge on any atom is -0.337 e. The van der Waals surface area contributed by atoms with E-state index in [2.05, 4.69) is 22.0 Å². The lowest BCUT2D eigenvalue weighted by molar-refractivity contribution is 0.375. The number of rotatable bonds is 2. The molecule has 130 valence electrons. The highest BCUT2D eigenvalue weighted by molar-refractivity contribution is 6.29. The van der Waals surface area contributed by atoms with Crippen LogP contribution in [0.4, 0.5) is 11.8 Å². The molecule has 0 radical (unpaired) electrons. The van der Waals surface area contributed by atoms with Gasteiger partial charge in [0.2, 0.25) is 11.2 Å². The minimum absolute atomic E-state index is 0.376. The first-order valence-electron chi connectivity index (χ1n) is 8.51. The van der Waals surface area contributed by atoms with E-state index in [1.165, 1.54) is 0 Å². The van der Waals surface area contributed by atoms with E-state index in [0.717, 1.165) is 29.3 Å². The summed E-state index contributed by atoms with van der Waals surface area (Å²) in [7, 11) is 0. The van der Waals surface area contributed by atoms with Crippen LogP contribution in [0.3, 0.4) is 0 Å². The van der Waals surface area contributed by atoms with Crippen LogP contribution < -0.4 is 10.0 Å². The Hall–Kier alpha value is -2.87. The van der Waals surface area contributed by atoms with Crippen molar-refractivity contribution < 1.29 is 4.52 Å². The fourth-order valence-corrected chi connectivity index (χ4v) is 3.89. The van der Waals surface area contributed by atoms with Crippen LogP contribution in [0.1, 0.15) is 30.7 Å². The van der Waals surface area contributed by atoms with Crippen LogP contribution in [-0.2, 0) is 0 Å². The highest BCUT2D eigenvalue weighted by Crippen LogP contribution is 2.46. The number of aliphatic imine (C=N–C) groups is 1. The summed E-state index contributed by atoms with van der Waals surface area (Å²) in [6.07, 6.45) is 2.83. The van der Waals surface area contributed by atoms with Gasteiger partial charge in [0.25, 0.3) is 5.95 Å². The summed E-state index contributed by atoms with van der Waals surface area (Å²) in [4.78, 5) is 13.6. The summed E-state index contributed by atoms with van der Waals surface area (Å²) < 4.78 is 7.39. The zero-order chi connectivity index (χ0) is 17.4. The summed E-state index contributed by atoms with van der Waals surface area (Å²) in [5.41, 5.74) is 1.95. The van der Waals surface area contributed by atoms with Crippen LogP contribution >= 0.6 is 11.6 Å². The van der Waals surface area contributed by atoms with Crippen LogP contribution in [0.2, 0.25) is 5.28 Å². The molecule has 26 heavy (non-hydrogen) atoms. The summed E-state index contributed by atoms with van der Waals surface area (Å²) in [5, 5.41) is 8.42. The van der Waals surface area contributed by atoms with Crippen molar-refractivity contribution in [3.05, 3.63) is 47.2 Å². The lowest BCUT2D eigenvalue weighted by Crippen LogP contribution is -2.46. The van der Waals surface area contributed by atoms with Gasteiger partial charge in [0.15, 0.2) is 11.7 Å². The van der Waals surface area contributed by atoms with E-state index in [1.807, 2.05) is 38.9 Å². The lowest BCUT2D eigenvalue weighted by Gasteiger charge is -2.33. The van der Waals surface area contributed by atoms with Crippen LogP contribution in [-0.4, -0.2) is 32.2 Å². The summed E-state index contributed by atoms with van der Waals surface area (Å²) in [5.74, 6) is 3.81. The summed E-state index contributed by atoms with van der Waals surface area (Å²) in [6.45, 7) is 2.60. The number of anilines is 2. The molecule has 0 saturated heterocycles. The van der Waals surface area contributed by atoms with E-state index in [1.54, 1.807) is 6.20 Å². The van der Waals surface area contributed by atoms with Crippen LogP contribution in [0, 0.1) is 5.92 Å². The SMILES string of the molecule is CC1CC1c1nc(N2CN=C3c4ccccc4-n4c(cnc4Cl)N32)no1. The van der Waals surface area contributed by atoms with Crippen molar-refractivity contribution in [3.8, 4) is 5.69 Å². The molecule has 1 fully saturated rings. The Labute approximate surface area is 153 Å².